The topological polar surface area (TPSA) is 38.3 Å². The number of ether oxygens (including phenoxy) is 1. The van der Waals surface area contributed by atoms with Gasteiger partial charge in [0, 0.05) is 17.8 Å². The molecule has 0 aliphatic carbocycles. The first-order valence-corrected chi connectivity index (χ1v) is 5.97. The highest BCUT2D eigenvalue weighted by Gasteiger charge is 2.00. The lowest BCUT2D eigenvalue weighted by molar-refractivity contribution is 0.104. The van der Waals surface area contributed by atoms with Crippen molar-refractivity contribution in [2.24, 2.45) is 0 Å². The molecule has 0 atom stereocenters. The zero-order valence-electron chi connectivity index (χ0n) is 10.7. The molecule has 3 nitrogen and oxygen atoms in total. The van der Waals surface area contributed by atoms with E-state index in [9.17, 15) is 4.79 Å². The van der Waals surface area contributed by atoms with Crippen LogP contribution in [0.1, 0.15) is 10.4 Å². The minimum absolute atomic E-state index is 0.0389. The standard InChI is InChI=1S/C16H15NO2/c1-19-16-10-6-5-9-14(16)17-12-11-15(18)13-7-3-2-4-8-13/h2-12,17H,1H3/b12-11-. The van der Waals surface area contributed by atoms with Crippen LogP contribution >= 0.6 is 0 Å². The Morgan fingerprint density at radius 2 is 1.74 bits per heavy atom. The molecule has 0 saturated heterocycles. The van der Waals surface area contributed by atoms with Crippen LogP contribution in [0.4, 0.5) is 5.69 Å². The summed E-state index contributed by atoms with van der Waals surface area (Å²) in [5.74, 6) is 0.697. The molecule has 0 saturated carbocycles. The first-order chi connectivity index (χ1) is 9.31. The third kappa shape index (κ3) is 3.45. The lowest BCUT2D eigenvalue weighted by atomic mass is 10.1. The molecule has 3 heteroatoms. The highest BCUT2D eigenvalue weighted by atomic mass is 16.5. The van der Waals surface area contributed by atoms with Gasteiger partial charge in [0.1, 0.15) is 5.75 Å². The molecule has 0 unspecified atom stereocenters. The van der Waals surface area contributed by atoms with Gasteiger partial charge < -0.3 is 10.1 Å². The summed E-state index contributed by atoms with van der Waals surface area (Å²) in [6.45, 7) is 0. The number of hydrogen-bond donors (Lipinski definition) is 1. The molecule has 96 valence electrons. The second-order valence-electron chi connectivity index (χ2n) is 3.91. The van der Waals surface area contributed by atoms with Crippen LogP contribution in [0.2, 0.25) is 0 Å². The average molecular weight is 253 g/mol. The number of para-hydroxylation sites is 2. The van der Waals surface area contributed by atoms with Crippen LogP contribution in [0.3, 0.4) is 0 Å². The summed E-state index contributed by atoms with van der Waals surface area (Å²) in [7, 11) is 1.61. The SMILES string of the molecule is COc1ccccc1N/C=C\C(=O)c1ccccc1. The van der Waals surface area contributed by atoms with Crippen molar-refractivity contribution in [1.82, 2.24) is 0 Å². The van der Waals surface area contributed by atoms with Crippen molar-refractivity contribution < 1.29 is 9.53 Å². The number of allylic oxidation sites excluding steroid dienone is 1. The number of carbonyl (C=O) groups excluding carboxylic acids is 1. The van der Waals surface area contributed by atoms with E-state index < -0.39 is 0 Å². The maximum atomic E-state index is 11.8. The maximum Gasteiger partial charge on any atom is 0.187 e. The quantitative estimate of drug-likeness (QED) is 0.654. The fourth-order valence-corrected chi connectivity index (χ4v) is 1.67. The van der Waals surface area contributed by atoms with Gasteiger partial charge in [-0.15, -0.1) is 0 Å². The molecular formula is C16H15NO2. The summed E-state index contributed by atoms with van der Waals surface area (Å²) < 4.78 is 5.21. The molecule has 2 aromatic rings. The zero-order chi connectivity index (χ0) is 13.5. The first-order valence-electron chi connectivity index (χ1n) is 5.97. The Bertz CT molecular complexity index is 576. The van der Waals surface area contributed by atoms with Crippen molar-refractivity contribution in [2.45, 2.75) is 0 Å². The van der Waals surface area contributed by atoms with Crippen LogP contribution in [-0.2, 0) is 0 Å². The van der Waals surface area contributed by atoms with Crippen molar-refractivity contribution >= 4 is 11.5 Å². The van der Waals surface area contributed by atoms with Crippen LogP contribution < -0.4 is 10.1 Å². The molecule has 0 aliphatic heterocycles. The molecular weight excluding hydrogens is 238 g/mol. The number of methoxy groups -OCH3 is 1. The van der Waals surface area contributed by atoms with Crippen LogP contribution in [0.25, 0.3) is 0 Å². The number of ketones is 1. The smallest absolute Gasteiger partial charge is 0.187 e. The third-order valence-corrected chi connectivity index (χ3v) is 2.64. The van der Waals surface area contributed by atoms with E-state index in [1.165, 1.54) is 6.08 Å². The highest BCUT2D eigenvalue weighted by Crippen LogP contribution is 2.22. The van der Waals surface area contributed by atoms with Crippen molar-refractivity contribution in [3.63, 3.8) is 0 Å². The predicted molar refractivity (Wildman–Crippen MR) is 76.5 cm³/mol. The largest absolute Gasteiger partial charge is 0.495 e. The first kappa shape index (κ1) is 12.9. The van der Waals surface area contributed by atoms with E-state index in [0.29, 0.717) is 5.56 Å². The summed E-state index contributed by atoms with van der Waals surface area (Å²) in [4.78, 5) is 11.8. The summed E-state index contributed by atoms with van der Waals surface area (Å²) in [5, 5.41) is 3.04. The monoisotopic (exact) mass is 253 g/mol. The number of benzene rings is 2. The van der Waals surface area contributed by atoms with Crippen LogP contribution in [-0.4, -0.2) is 12.9 Å². The normalized spacial score (nSPS) is 10.4. The average Bonchev–Trinajstić information content (AvgIpc) is 2.48. The van der Waals surface area contributed by atoms with Crippen LogP contribution in [0.5, 0.6) is 5.75 Å². The second-order valence-corrected chi connectivity index (χ2v) is 3.91. The maximum absolute atomic E-state index is 11.8. The van der Waals surface area contributed by atoms with E-state index in [2.05, 4.69) is 5.32 Å². The number of anilines is 1. The van der Waals surface area contributed by atoms with E-state index in [4.69, 9.17) is 4.74 Å². The van der Waals surface area contributed by atoms with E-state index in [-0.39, 0.29) is 5.78 Å². The van der Waals surface area contributed by atoms with Gasteiger partial charge in [0.2, 0.25) is 0 Å². The summed E-state index contributed by atoms with van der Waals surface area (Å²) in [5.41, 5.74) is 1.49. The van der Waals surface area contributed by atoms with Crippen molar-refractivity contribution in [3.8, 4) is 5.75 Å². The molecule has 19 heavy (non-hydrogen) atoms. The number of hydrogen-bond acceptors (Lipinski definition) is 3. The highest BCUT2D eigenvalue weighted by molar-refractivity contribution is 6.04. The van der Waals surface area contributed by atoms with Gasteiger partial charge in [-0.1, -0.05) is 42.5 Å². The van der Waals surface area contributed by atoms with Gasteiger partial charge in [0.05, 0.1) is 12.8 Å². The minimum atomic E-state index is -0.0389. The summed E-state index contributed by atoms with van der Waals surface area (Å²) in [6.07, 6.45) is 3.12. The lowest BCUT2D eigenvalue weighted by Gasteiger charge is -2.06. The molecule has 0 aromatic heterocycles. The van der Waals surface area contributed by atoms with Crippen LogP contribution in [0, 0.1) is 0 Å². The molecule has 1 N–H and O–H groups in total. The summed E-state index contributed by atoms with van der Waals surface area (Å²) >= 11 is 0. The van der Waals surface area contributed by atoms with Gasteiger partial charge in [-0.25, -0.2) is 0 Å². The molecule has 0 amide bonds. The molecule has 2 aromatic carbocycles. The Morgan fingerprint density at radius 1 is 1.05 bits per heavy atom. The Labute approximate surface area is 112 Å². The number of nitrogens with one attached hydrogen (secondary N) is 1. The Hall–Kier alpha value is -2.55. The molecule has 0 bridgehead atoms. The predicted octanol–water partition coefficient (Wildman–Crippen LogP) is 3.50. The third-order valence-electron chi connectivity index (χ3n) is 2.64. The van der Waals surface area contributed by atoms with Gasteiger partial charge in [0.15, 0.2) is 5.78 Å². The minimum Gasteiger partial charge on any atom is -0.495 e. The molecule has 0 spiro atoms. The molecule has 0 radical (unpaired) electrons. The van der Waals surface area contributed by atoms with E-state index in [0.717, 1.165) is 11.4 Å². The molecule has 0 aliphatic rings. The van der Waals surface area contributed by atoms with Gasteiger partial charge in [-0.2, -0.15) is 0 Å². The van der Waals surface area contributed by atoms with E-state index >= 15 is 0 Å². The number of carbonyl (C=O) groups is 1. The van der Waals surface area contributed by atoms with Crippen LogP contribution in [0.15, 0.2) is 66.9 Å². The fraction of sp³-hybridized carbons (Fsp3) is 0.0625. The van der Waals surface area contributed by atoms with Gasteiger partial charge in [0.25, 0.3) is 0 Å². The molecule has 0 heterocycles. The van der Waals surface area contributed by atoms with E-state index in [1.807, 2.05) is 42.5 Å². The molecule has 2 rings (SSSR count). The van der Waals surface area contributed by atoms with Gasteiger partial charge >= 0.3 is 0 Å². The molecule has 0 fully saturated rings. The van der Waals surface area contributed by atoms with E-state index in [1.54, 1.807) is 25.4 Å². The fourth-order valence-electron chi connectivity index (χ4n) is 1.67. The lowest BCUT2D eigenvalue weighted by Crippen LogP contribution is -1.97. The van der Waals surface area contributed by atoms with Gasteiger partial charge in [-0.3, -0.25) is 4.79 Å². The summed E-state index contributed by atoms with van der Waals surface area (Å²) in [6, 6.07) is 16.7. The van der Waals surface area contributed by atoms with Crippen molar-refractivity contribution in [3.05, 3.63) is 72.4 Å². The second kappa shape index (κ2) is 6.40. The van der Waals surface area contributed by atoms with Gasteiger partial charge in [-0.05, 0) is 12.1 Å². The Kier molecular flexibility index (Phi) is 4.34. The Balaban J connectivity index is 2.02. The van der Waals surface area contributed by atoms with Crippen molar-refractivity contribution in [2.75, 3.05) is 12.4 Å². The number of rotatable bonds is 5. The Morgan fingerprint density at radius 3 is 2.47 bits per heavy atom. The zero-order valence-corrected chi connectivity index (χ0v) is 10.7. The van der Waals surface area contributed by atoms with Crippen molar-refractivity contribution in [1.29, 1.82) is 0 Å².